The highest BCUT2D eigenvalue weighted by Crippen LogP contribution is 2.36. The van der Waals surface area contributed by atoms with Crippen molar-refractivity contribution in [1.29, 1.82) is 0 Å². The summed E-state index contributed by atoms with van der Waals surface area (Å²) in [6, 6.07) is 12.6. The molecule has 38 heavy (non-hydrogen) atoms. The van der Waals surface area contributed by atoms with E-state index in [4.69, 9.17) is 0 Å². The quantitative estimate of drug-likeness (QED) is 0.288. The largest absolute Gasteiger partial charge is 0.390 e. The van der Waals surface area contributed by atoms with Crippen molar-refractivity contribution in [2.75, 3.05) is 30.2 Å². The van der Waals surface area contributed by atoms with E-state index in [2.05, 4.69) is 22.5 Å². The van der Waals surface area contributed by atoms with E-state index in [1.54, 1.807) is 13.1 Å². The fourth-order valence-corrected chi connectivity index (χ4v) is 6.06. The molecule has 1 amide bonds. The molecule has 1 aliphatic rings. The summed E-state index contributed by atoms with van der Waals surface area (Å²) in [6.07, 6.45) is 2.76. The second-order valence-electron chi connectivity index (χ2n) is 9.54. The molecule has 2 heterocycles. The molecular weight excluding hydrogens is 500 g/mol. The monoisotopic (exact) mass is 536 g/mol. The maximum atomic E-state index is 13.6. The number of hydrogen-bond donors (Lipinski definition) is 3. The highest BCUT2D eigenvalue weighted by Gasteiger charge is 2.29. The van der Waals surface area contributed by atoms with Crippen molar-refractivity contribution in [3.8, 4) is 11.8 Å². The van der Waals surface area contributed by atoms with Crippen LogP contribution in [0, 0.1) is 11.8 Å². The molecule has 1 aromatic heterocycles. The van der Waals surface area contributed by atoms with Crippen LogP contribution in [0.4, 0.5) is 5.69 Å². The third-order valence-electron chi connectivity index (χ3n) is 6.98. The van der Waals surface area contributed by atoms with Crippen molar-refractivity contribution in [1.82, 2.24) is 15.2 Å². The van der Waals surface area contributed by atoms with E-state index in [1.807, 2.05) is 61.0 Å². The summed E-state index contributed by atoms with van der Waals surface area (Å²) in [5.41, 5.74) is 3.63. The summed E-state index contributed by atoms with van der Waals surface area (Å²) in [5.74, 6) is 5.63. The minimum Gasteiger partial charge on any atom is -0.390 e. The lowest BCUT2D eigenvalue weighted by Gasteiger charge is -2.25. The fourth-order valence-electron chi connectivity index (χ4n) is 4.86. The molecule has 3 N–H and O–H groups in total. The molecule has 0 bridgehead atoms. The number of carbonyl (C=O) groups excluding carboxylic acids is 1. The zero-order valence-electron chi connectivity index (χ0n) is 22.2. The predicted octanol–water partition coefficient (Wildman–Crippen LogP) is 2.69. The Balaban J connectivity index is 1.65. The average Bonchev–Trinajstić information content (AvgIpc) is 3.24. The Hall–Kier alpha value is -3.32. The molecule has 0 fully saturated rings. The number of carbonyl (C=O) groups is 1. The van der Waals surface area contributed by atoms with Gasteiger partial charge >= 0.3 is 0 Å². The maximum absolute atomic E-state index is 13.6. The number of aliphatic hydroxyl groups excluding tert-OH is 1. The van der Waals surface area contributed by atoms with Crippen molar-refractivity contribution in [2.24, 2.45) is 0 Å². The summed E-state index contributed by atoms with van der Waals surface area (Å²) in [5, 5.41) is 18.0. The molecule has 3 aromatic rings. The number of nitrogens with one attached hydrogen (secondary N) is 2. The minimum atomic E-state index is -3.51. The van der Waals surface area contributed by atoms with Crippen molar-refractivity contribution >= 4 is 32.5 Å². The molecule has 4 rings (SSSR count). The smallest absolute Gasteiger partial charge is 0.251 e. The van der Waals surface area contributed by atoms with Gasteiger partial charge in [0.15, 0.2) is 0 Å². The molecule has 0 saturated heterocycles. The van der Waals surface area contributed by atoms with Gasteiger partial charge in [0.25, 0.3) is 5.91 Å². The molecule has 1 aliphatic heterocycles. The minimum absolute atomic E-state index is 0.0174. The van der Waals surface area contributed by atoms with Gasteiger partial charge < -0.3 is 20.3 Å². The zero-order chi connectivity index (χ0) is 27.3. The van der Waals surface area contributed by atoms with Crippen molar-refractivity contribution in [2.45, 2.75) is 51.8 Å². The van der Waals surface area contributed by atoms with Gasteiger partial charge in [0.05, 0.1) is 35.6 Å². The lowest BCUT2D eigenvalue weighted by molar-refractivity contribution is 0.0833. The average molecular weight is 537 g/mol. The van der Waals surface area contributed by atoms with E-state index in [0.717, 1.165) is 28.5 Å². The lowest BCUT2D eigenvalue weighted by atomic mass is 10.00. The molecule has 202 valence electrons. The van der Waals surface area contributed by atoms with E-state index in [9.17, 15) is 18.3 Å². The molecular formula is C29H36N4O4S. The van der Waals surface area contributed by atoms with E-state index in [0.29, 0.717) is 37.2 Å². The van der Waals surface area contributed by atoms with E-state index < -0.39 is 22.2 Å². The first kappa shape index (κ1) is 27.7. The van der Waals surface area contributed by atoms with Crippen LogP contribution in [-0.4, -0.2) is 62.0 Å². The SMILES string of the molecule is CCC#CCNC[C@@H](O)[C@H](Cc1ccccc1)NC(=O)c1cc2c3c(cn(CC)c3c1)CCS(=O)(=O)N2C. The number of sulfonamides is 1. The lowest BCUT2D eigenvalue weighted by Crippen LogP contribution is -2.48. The molecule has 8 nitrogen and oxygen atoms in total. The molecule has 0 aliphatic carbocycles. The maximum Gasteiger partial charge on any atom is 0.251 e. The Kier molecular flexibility index (Phi) is 8.77. The van der Waals surface area contributed by atoms with Crippen LogP contribution in [-0.2, 0) is 29.4 Å². The summed E-state index contributed by atoms with van der Waals surface area (Å²) in [6.45, 7) is 5.41. The Morgan fingerprint density at radius 2 is 1.92 bits per heavy atom. The zero-order valence-corrected chi connectivity index (χ0v) is 23.0. The normalized spacial score (nSPS) is 15.8. The first-order valence-corrected chi connectivity index (χ1v) is 14.7. The van der Waals surface area contributed by atoms with Crippen molar-refractivity contribution < 1.29 is 18.3 Å². The van der Waals surface area contributed by atoms with Crippen molar-refractivity contribution in [3.63, 3.8) is 0 Å². The predicted molar refractivity (Wildman–Crippen MR) is 152 cm³/mol. The number of rotatable bonds is 9. The highest BCUT2D eigenvalue weighted by atomic mass is 32.2. The second kappa shape index (κ2) is 12.0. The third-order valence-corrected chi connectivity index (χ3v) is 8.73. The van der Waals surface area contributed by atoms with Gasteiger partial charge in [0, 0.05) is 43.7 Å². The number of aliphatic hydroxyl groups is 1. The topological polar surface area (TPSA) is 104 Å². The molecule has 0 unspecified atom stereocenters. The Bertz CT molecular complexity index is 1450. The third kappa shape index (κ3) is 6.04. The van der Waals surface area contributed by atoms with Crippen LogP contribution in [0.2, 0.25) is 0 Å². The number of nitrogens with zero attached hydrogens (tertiary/aromatic N) is 2. The molecule has 2 atom stereocenters. The number of aryl methyl sites for hydroxylation is 2. The van der Waals surface area contributed by atoms with Crippen LogP contribution in [0.25, 0.3) is 10.9 Å². The van der Waals surface area contributed by atoms with Gasteiger partial charge in [0.2, 0.25) is 10.0 Å². The van der Waals surface area contributed by atoms with E-state index in [1.165, 1.54) is 4.31 Å². The van der Waals surface area contributed by atoms with Crippen LogP contribution in [0.15, 0.2) is 48.7 Å². The molecule has 0 saturated carbocycles. The molecule has 2 aromatic carbocycles. The molecule has 0 spiro atoms. The van der Waals surface area contributed by atoms with Crippen LogP contribution in [0.1, 0.15) is 41.8 Å². The fraction of sp³-hybridized carbons (Fsp3) is 0.414. The number of aromatic nitrogens is 1. The highest BCUT2D eigenvalue weighted by molar-refractivity contribution is 7.92. The number of benzene rings is 2. The van der Waals surface area contributed by atoms with Gasteiger partial charge in [-0.2, -0.15) is 0 Å². The van der Waals surface area contributed by atoms with Crippen LogP contribution in [0.5, 0.6) is 0 Å². The van der Waals surface area contributed by atoms with Gasteiger partial charge in [-0.3, -0.25) is 9.10 Å². The number of amides is 1. The number of hydrogen-bond acceptors (Lipinski definition) is 5. The Labute approximate surface area is 225 Å². The summed E-state index contributed by atoms with van der Waals surface area (Å²) < 4.78 is 29.0. The van der Waals surface area contributed by atoms with Crippen LogP contribution < -0.4 is 14.9 Å². The Morgan fingerprint density at radius 3 is 2.63 bits per heavy atom. The van der Waals surface area contributed by atoms with Crippen molar-refractivity contribution in [3.05, 3.63) is 65.4 Å². The van der Waals surface area contributed by atoms with E-state index in [-0.39, 0.29) is 18.2 Å². The molecule has 9 heteroatoms. The Morgan fingerprint density at radius 1 is 1.16 bits per heavy atom. The van der Waals surface area contributed by atoms with Gasteiger partial charge in [0.1, 0.15) is 0 Å². The number of anilines is 1. The van der Waals surface area contributed by atoms with Gasteiger partial charge in [-0.05, 0) is 43.0 Å². The van der Waals surface area contributed by atoms with Gasteiger partial charge in [-0.15, -0.1) is 5.92 Å². The van der Waals surface area contributed by atoms with Crippen LogP contribution in [0.3, 0.4) is 0 Å². The summed E-state index contributed by atoms with van der Waals surface area (Å²) >= 11 is 0. The molecule has 0 radical (unpaired) electrons. The van der Waals surface area contributed by atoms with E-state index >= 15 is 0 Å². The summed E-state index contributed by atoms with van der Waals surface area (Å²) in [4.78, 5) is 13.6. The van der Waals surface area contributed by atoms with Gasteiger partial charge in [-0.25, -0.2) is 8.42 Å². The van der Waals surface area contributed by atoms with Gasteiger partial charge in [-0.1, -0.05) is 43.2 Å². The second-order valence-corrected chi connectivity index (χ2v) is 11.7. The standard InChI is InChI=1S/C29H36N4O4S/c1-4-6-10-14-30-19-27(34)24(16-21-11-8-7-9-12-21)31-29(35)23-17-25-28-22(13-15-38(36,37)32(25)3)20-33(5-2)26(28)18-23/h7-9,11-12,17-18,20,24,27,30,34H,4-5,13-16,19H2,1-3H3,(H,31,35)/t24-,27+/m0/s1. The van der Waals surface area contributed by atoms with Crippen LogP contribution >= 0.6 is 0 Å². The summed E-state index contributed by atoms with van der Waals surface area (Å²) in [7, 11) is -1.96. The first-order chi connectivity index (χ1) is 18.2. The first-order valence-electron chi connectivity index (χ1n) is 13.1.